The van der Waals surface area contributed by atoms with Crippen LogP contribution >= 0.6 is 15.9 Å². The summed E-state index contributed by atoms with van der Waals surface area (Å²) in [6, 6.07) is 11.1. The first-order valence-electron chi connectivity index (χ1n) is 7.13. The first-order chi connectivity index (χ1) is 10.4. The number of carbonyl (C=O) groups excluding carboxylic acids is 1. The van der Waals surface area contributed by atoms with Crippen LogP contribution in [-0.2, 0) is 0 Å². The average molecular weight is 363 g/mol. The van der Waals surface area contributed by atoms with E-state index in [0.29, 0.717) is 17.1 Å². The smallest absolute Gasteiger partial charge is 0.347 e. The maximum Gasteiger partial charge on any atom is 0.347 e. The molecule has 0 saturated carbocycles. The zero-order chi connectivity index (χ0) is 16.3. The molecule has 0 aliphatic heterocycles. The highest BCUT2D eigenvalue weighted by atomic mass is 79.9. The van der Waals surface area contributed by atoms with E-state index in [1.54, 1.807) is 12.1 Å². The van der Waals surface area contributed by atoms with Crippen LogP contribution in [0.3, 0.4) is 0 Å². The molecule has 0 saturated heterocycles. The van der Waals surface area contributed by atoms with Crippen LogP contribution in [0.2, 0.25) is 0 Å². The lowest BCUT2D eigenvalue weighted by Crippen LogP contribution is -2.14. The van der Waals surface area contributed by atoms with Crippen molar-refractivity contribution in [3.05, 3.63) is 57.6 Å². The van der Waals surface area contributed by atoms with E-state index in [-0.39, 0.29) is 6.10 Å². The van der Waals surface area contributed by atoms with Gasteiger partial charge < -0.3 is 9.47 Å². The number of hydrogen-bond acceptors (Lipinski definition) is 3. The quantitative estimate of drug-likeness (QED) is 0.562. The van der Waals surface area contributed by atoms with Crippen LogP contribution in [0.15, 0.2) is 40.9 Å². The van der Waals surface area contributed by atoms with Crippen molar-refractivity contribution in [1.82, 2.24) is 0 Å². The number of halogens is 1. The molecular weight excluding hydrogens is 344 g/mol. The lowest BCUT2D eigenvalue weighted by molar-refractivity contribution is 0.0726. The van der Waals surface area contributed by atoms with Gasteiger partial charge in [0.2, 0.25) is 0 Å². The molecule has 2 rings (SSSR count). The summed E-state index contributed by atoms with van der Waals surface area (Å²) in [6.07, 6.45) is -0.0204. The predicted octanol–water partition coefficient (Wildman–Crippen LogP) is 5.07. The Morgan fingerprint density at radius 1 is 1.09 bits per heavy atom. The Morgan fingerprint density at radius 2 is 1.73 bits per heavy atom. The number of aryl methyl sites for hydroxylation is 2. The number of benzene rings is 2. The number of ether oxygens (including phenoxy) is 2. The van der Waals surface area contributed by atoms with Gasteiger partial charge in [-0.25, -0.2) is 4.79 Å². The second-order valence-corrected chi connectivity index (χ2v) is 6.33. The van der Waals surface area contributed by atoms with Gasteiger partial charge in [0.1, 0.15) is 17.1 Å². The fourth-order valence-corrected chi connectivity index (χ4v) is 2.49. The van der Waals surface area contributed by atoms with Crippen LogP contribution in [-0.4, -0.2) is 12.1 Å². The molecule has 2 aromatic rings. The molecule has 0 unspecified atom stereocenters. The SMILES string of the molecule is Cc1cccc(C)c1OC(=O)c1cc(Br)ccc1OC(C)C. The predicted molar refractivity (Wildman–Crippen MR) is 90.8 cm³/mol. The standard InChI is InChI=1S/C18H19BrO3/c1-11(2)21-16-9-8-14(19)10-15(16)18(20)22-17-12(3)6-5-7-13(17)4/h5-11H,1-4H3. The van der Waals surface area contributed by atoms with Crippen molar-refractivity contribution >= 4 is 21.9 Å². The molecule has 0 aliphatic carbocycles. The van der Waals surface area contributed by atoms with Gasteiger partial charge in [0.25, 0.3) is 0 Å². The van der Waals surface area contributed by atoms with E-state index in [2.05, 4.69) is 15.9 Å². The second kappa shape index (κ2) is 6.97. The Bertz CT molecular complexity index is 672. The normalized spacial score (nSPS) is 10.6. The molecule has 0 N–H and O–H groups in total. The fraction of sp³-hybridized carbons (Fsp3) is 0.278. The van der Waals surface area contributed by atoms with E-state index in [1.165, 1.54) is 0 Å². The van der Waals surface area contributed by atoms with Crippen molar-refractivity contribution in [3.8, 4) is 11.5 Å². The van der Waals surface area contributed by atoms with Crippen molar-refractivity contribution in [1.29, 1.82) is 0 Å². The van der Waals surface area contributed by atoms with E-state index in [1.807, 2.05) is 52.0 Å². The van der Waals surface area contributed by atoms with E-state index >= 15 is 0 Å². The molecule has 0 amide bonds. The highest BCUT2D eigenvalue weighted by Gasteiger charge is 2.18. The lowest BCUT2D eigenvalue weighted by atomic mass is 10.1. The van der Waals surface area contributed by atoms with E-state index in [0.717, 1.165) is 15.6 Å². The largest absolute Gasteiger partial charge is 0.490 e. The fourth-order valence-electron chi connectivity index (χ4n) is 2.13. The highest BCUT2D eigenvalue weighted by Crippen LogP contribution is 2.28. The van der Waals surface area contributed by atoms with Crippen LogP contribution in [0, 0.1) is 13.8 Å². The molecule has 0 heterocycles. The van der Waals surface area contributed by atoms with Gasteiger partial charge in [0.05, 0.1) is 6.10 Å². The number of para-hydroxylation sites is 1. The number of carbonyl (C=O) groups is 1. The molecule has 0 fully saturated rings. The molecule has 0 aromatic heterocycles. The second-order valence-electron chi connectivity index (χ2n) is 5.42. The zero-order valence-electron chi connectivity index (χ0n) is 13.1. The maximum atomic E-state index is 12.6. The van der Waals surface area contributed by atoms with E-state index < -0.39 is 5.97 Å². The minimum Gasteiger partial charge on any atom is -0.490 e. The molecule has 0 atom stereocenters. The first kappa shape index (κ1) is 16.6. The Morgan fingerprint density at radius 3 is 2.32 bits per heavy atom. The van der Waals surface area contributed by atoms with Gasteiger partial charge in [-0.3, -0.25) is 0 Å². The molecule has 0 bridgehead atoms. The van der Waals surface area contributed by atoms with Gasteiger partial charge in [0, 0.05) is 4.47 Å². The zero-order valence-corrected chi connectivity index (χ0v) is 14.7. The van der Waals surface area contributed by atoms with E-state index in [4.69, 9.17) is 9.47 Å². The van der Waals surface area contributed by atoms with Gasteiger partial charge in [-0.05, 0) is 57.0 Å². The molecule has 3 nitrogen and oxygen atoms in total. The van der Waals surface area contributed by atoms with Crippen LogP contribution in [0.1, 0.15) is 35.3 Å². The Kier molecular flexibility index (Phi) is 5.24. The first-order valence-corrected chi connectivity index (χ1v) is 7.92. The van der Waals surface area contributed by atoms with Crippen molar-refractivity contribution < 1.29 is 14.3 Å². The summed E-state index contributed by atoms with van der Waals surface area (Å²) in [5.74, 6) is 0.701. The summed E-state index contributed by atoms with van der Waals surface area (Å²) in [6.45, 7) is 7.68. The summed E-state index contributed by atoms with van der Waals surface area (Å²) >= 11 is 3.38. The minimum atomic E-state index is -0.422. The van der Waals surface area contributed by atoms with Crippen LogP contribution in [0.5, 0.6) is 11.5 Å². The summed E-state index contributed by atoms with van der Waals surface area (Å²) < 4.78 is 12.1. The van der Waals surface area contributed by atoms with Gasteiger partial charge in [-0.1, -0.05) is 34.1 Å². The molecule has 0 spiro atoms. The van der Waals surface area contributed by atoms with Crippen LogP contribution < -0.4 is 9.47 Å². The van der Waals surface area contributed by atoms with Crippen LogP contribution in [0.4, 0.5) is 0 Å². The molecule has 4 heteroatoms. The number of rotatable bonds is 4. The topological polar surface area (TPSA) is 35.5 Å². The Balaban J connectivity index is 2.35. The van der Waals surface area contributed by atoms with Gasteiger partial charge >= 0.3 is 5.97 Å². The minimum absolute atomic E-state index is 0.0204. The Labute approximate surface area is 139 Å². The third-order valence-corrected chi connectivity index (χ3v) is 3.62. The van der Waals surface area contributed by atoms with Crippen LogP contribution in [0.25, 0.3) is 0 Å². The molecular formula is C18H19BrO3. The molecule has 0 radical (unpaired) electrons. The summed E-state index contributed by atoms with van der Waals surface area (Å²) in [7, 11) is 0. The lowest BCUT2D eigenvalue weighted by Gasteiger charge is -2.15. The molecule has 2 aromatic carbocycles. The van der Waals surface area contributed by atoms with Crippen molar-refractivity contribution in [3.63, 3.8) is 0 Å². The van der Waals surface area contributed by atoms with Gasteiger partial charge in [-0.15, -0.1) is 0 Å². The third-order valence-electron chi connectivity index (χ3n) is 3.13. The summed E-state index contributed by atoms with van der Waals surface area (Å²) in [5.41, 5.74) is 2.26. The van der Waals surface area contributed by atoms with Gasteiger partial charge in [-0.2, -0.15) is 0 Å². The van der Waals surface area contributed by atoms with E-state index in [9.17, 15) is 4.79 Å². The van der Waals surface area contributed by atoms with Crippen molar-refractivity contribution in [2.24, 2.45) is 0 Å². The number of esters is 1. The molecule has 116 valence electrons. The Hall–Kier alpha value is -1.81. The highest BCUT2D eigenvalue weighted by molar-refractivity contribution is 9.10. The number of hydrogen-bond donors (Lipinski definition) is 0. The molecule has 22 heavy (non-hydrogen) atoms. The van der Waals surface area contributed by atoms with Crippen molar-refractivity contribution in [2.75, 3.05) is 0 Å². The maximum absolute atomic E-state index is 12.6. The summed E-state index contributed by atoms with van der Waals surface area (Å²) in [4.78, 5) is 12.6. The third kappa shape index (κ3) is 3.89. The van der Waals surface area contributed by atoms with Gasteiger partial charge in [0.15, 0.2) is 0 Å². The van der Waals surface area contributed by atoms with Crippen molar-refractivity contribution in [2.45, 2.75) is 33.8 Å². The monoisotopic (exact) mass is 362 g/mol. The molecule has 0 aliphatic rings. The average Bonchev–Trinajstić information content (AvgIpc) is 2.44. The summed E-state index contributed by atoms with van der Waals surface area (Å²) in [5, 5.41) is 0.